The predicted octanol–water partition coefficient (Wildman–Crippen LogP) is -0.194. The van der Waals surface area contributed by atoms with Crippen LogP contribution in [0.2, 0.25) is 0 Å². The monoisotopic (exact) mass is 142 g/mol. The van der Waals surface area contributed by atoms with Crippen molar-refractivity contribution >= 4 is 0 Å². The molecule has 1 fully saturated rings. The Morgan fingerprint density at radius 1 is 1.36 bits per heavy atom. The third-order valence-electron chi connectivity index (χ3n) is 3.91. The molecular formula is C10H15Li. The molecule has 1 heteroatoms. The van der Waals surface area contributed by atoms with Gasteiger partial charge in [-0.05, 0) is 0 Å². The molecule has 0 spiro atoms. The smallest absolute Gasteiger partial charge is 0.494 e. The first-order valence-corrected chi connectivity index (χ1v) is 4.17. The molecule has 0 aliphatic heterocycles. The Hall–Kier alpha value is 0.337. The van der Waals surface area contributed by atoms with Crippen molar-refractivity contribution in [2.75, 3.05) is 0 Å². The van der Waals surface area contributed by atoms with Gasteiger partial charge >= 0.3 is 18.9 Å². The molecule has 2 aliphatic carbocycles. The summed E-state index contributed by atoms with van der Waals surface area (Å²) in [5, 5.41) is 0. The van der Waals surface area contributed by atoms with Crippen molar-refractivity contribution in [1.29, 1.82) is 0 Å². The summed E-state index contributed by atoms with van der Waals surface area (Å²) in [7, 11) is 0. The van der Waals surface area contributed by atoms with E-state index in [4.69, 9.17) is 0 Å². The largest absolute Gasteiger partial charge is 1.00 e. The summed E-state index contributed by atoms with van der Waals surface area (Å²) >= 11 is 0. The van der Waals surface area contributed by atoms with E-state index in [-0.39, 0.29) is 18.9 Å². The molecule has 2 unspecified atom stereocenters. The Kier molecular flexibility index (Phi) is 2.07. The second-order valence-electron chi connectivity index (χ2n) is 4.51. The van der Waals surface area contributed by atoms with Gasteiger partial charge in [0.25, 0.3) is 0 Å². The molecule has 2 bridgehead atoms. The molecule has 2 aliphatic rings. The van der Waals surface area contributed by atoms with Gasteiger partial charge in [0.1, 0.15) is 0 Å². The van der Waals surface area contributed by atoms with Crippen molar-refractivity contribution in [2.45, 2.75) is 33.6 Å². The quantitative estimate of drug-likeness (QED) is 0.325. The van der Waals surface area contributed by atoms with Crippen LogP contribution in [0.25, 0.3) is 0 Å². The summed E-state index contributed by atoms with van der Waals surface area (Å²) in [6, 6.07) is 0. The molecule has 0 aromatic heterocycles. The summed E-state index contributed by atoms with van der Waals surface area (Å²) in [6.45, 7) is 7.10. The van der Waals surface area contributed by atoms with Crippen molar-refractivity contribution in [3.05, 3.63) is 12.2 Å². The summed E-state index contributed by atoms with van der Waals surface area (Å²) in [5.41, 5.74) is 0.894. The maximum atomic E-state index is 3.50. The van der Waals surface area contributed by atoms with Crippen LogP contribution in [0.15, 0.2) is 6.08 Å². The van der Waals surface area contributed by atoms with Gasteiger partial charge in [-0.25, -0.2) is 0 Å². The second kappa shape index (κ2) is 2.41. The molecule has 11 heavy (non-hydrogen) atoms. The SMILES string of the molecule is CC12[C-]=CC(CC1)C2(C)C.[Li+]. The molecule has 0 N–H and O–H groups in total. The maximum Gasteiger partial charge on any atom is 1.00 e. The molecule has 2 atom stereocenters. The average molecular weight is 142 g/mol. The van der Waals surface area contributed by atoms with Gasteiger partial charge in [-0.2, -0.15) is 5.41 Å². The number of allylic oxidation sites excluding steroid dienone is 2. The zero-order valence-electron chi connectivity index (χ0n) is 8.07. The Labute approximate surface area is 81.6 Å². The Morgan fingerprint density at radius 3 is 2.09 bits per heavy atom. The van der Waals surface area contributed by atoms with Crippen LogP contribution in [0.3, 0.4) is 0 Å². The summed E-state index contributed by atoms with van der Waals surface area (Å²) in [6.07, 6.45) is 8.53. The first-order valence-electron chi connectivity index (χ1n) is 4.17. The molecule has 2 rings (SSSR count). The van der Waals surface area contributed by atoms with Crippen LogP contribution in [0.5, 0.6) is 0 Å². The van der Waals surface area contributed by atoms with E-state index >= 15 is 0 Å². The van der Waals surface area contributed by atoms with E-state index in [1.165, 1.54) is 12.8 Å². The normalized spacial score (nSPS) is 44.1. The number of fused-ring (bicyclic) bond motifs is 2. The van der Waals surface area contributed by atoms with Gasteiger partial charge in [-0.1, -0.05) is 44.9 Å². The van der Waals surface area contributed by atoms with E-state index in [9.17, 15) is 0 Å². The molecule has 0 radical (unpaired) electrons. The fourth-order valence-electron chi connectivity index (χ4n) is 2.37. The summed E-state index contributed by atoms with van der Waals surface area (Å²) in [5.74, 6) is 0.817. The molecule has 0 heterocycles. The molecule has 1 saturated carbocycles. The third-order valence-corrected chi connectivity index (χ3v) is 3.91. The molecule has 56 valence electrons. The average Bonchev–Trinajstić information content (AvgIpc) is 2.18. The van der Waals surface area contributed by atoms with Crippen molar-refractivity contribution in [3.8, 4) is 0 Å². The van der Waals surface area contributed by atoms with Crippen molar-refractivity contribution in [3.63, 3.8) is 0 Å². The molecule has 0 saturated heterocycles. The first kappa shape index (κ1) is 9.43. The van der Waals surface area contributed by atoms with Crippen LogP contribution < -0.4 is 18.9 Å². The molecular weight excluding hydrogens is 127 g/mol. The van der Waals surface area contributed by atoms with Crippen LogP contribution in [0.1, 0.15) is 33.6 Å². The van der Waals surface area contributed by atoms with Gasteiger partial charge in [0.15, 0.2) is 0 Å². The maximum absolute atomic E-state index is 3.50. The Bertz CT molecular complexity index is 193. The minimum atomic E-state index is 0. The number of hydrogen-bond donors (Lipinski definition) is 0. The van der Waals surface area contributed by atoms with Gasteiger partial charge in [-0.3, -0.25) is 6.08 Å². The van der Waals surface area contributed by atoms with Crippen molar-refractivity contribution < 1.29 is 18.9 Å². The predicted molar refractivity (Wildman–Crippen MR) is 42.4 cm³/mol. The second-order valence-corrected chi connectivity index (χ2v) is 4.51. The van der Waals surface area contributed by atoms with Crippen LogP contribution >= 0.6 is 0 Å². The topological polar surface area (TPSA) is 0 Å². The first-order chi connectivity index (χ1) is 4.56. The van der Waals surface area contributed by atoms with E-state index < -0.39 is 0 Å². The zero-order valence-corrected chi connectivity index (χ0v) is 8.07. The minimum Gasteiger partial charge on any atom is -0.494 e. The van der Waals surface area contributed by atoms with Crippen molar-refractivity contribution in [2.24, 2.45) is 16.7 Å². The van der Waals surface area contributed by atoms with Crippen LogP contribution in [-0.4, -0.2) is 0 Å². The van der Waals surface area contributed by atoms with E-state index in [0.29, 0.717) is 10.8 Å². The van der Waals surface area contributed by atoms with Gasteiger partial charge < -0.3 is 6.08 Å². The Balaban J connectivity index is 0.000000605. The zero-order chi connectivity index (χ0) is 7.41. The molecule has 0 aromatic carbocycles. The van der Waals surface area contributed by atoms with E-state index in [1.807, 2.05) is 0 Å². The molecule has 0 amide bonds. The Morgan fingerprint density at radius 2 is 2.00 bits per heavy atom. The minimum absolute atomic E-state index is 0. The van der Waals surface area contributed by atoms with Gasteiger partial charge in [0.2, 0.25) is 0 Å². The summed E-state index contributed by atoms with van der Waals surface area (Å²) in [4.78, 5) is 0. The number of rotatable bonds is 0. The van der Waals surface area contributed by atoms with Crippen LogP contribution in [0.4, 0.5) is 0 Å². The third kappa shape index (κ3) is 0.962. The van der Waals surface area contributed by atoms with E-state index in [0.717, 1.165) is 5.92 Å². The van der Waals surface area contributed by atoms with Gasteiger partial charge in [0, 0.05) is 0 Å². The van der Waals surface area contributed by atoms with Gasteiger partial charge in [-0.15, -0.1) is 0 Å². The fraction of sp³-hybridized carbons (Fsp3) is 0.800. The molecule has 0 nitrogen and oxygen atoms in total. The molecule has 0 aromatic rings. The van der Waals surface area contributed by atoms with E-state index in [1.54, 1.807) is 0 Å². The van der Waals surface area contributed by atoms with Gasteiger partial charge in [0.05, 0.1) is 0 Å². The van der Waals surface area contributed by atoms with Crippen LogP contribution in [0, 0.1) is 22.8 Å². The summed E-state index contributed by atoms with van der Waals surface area (Å²) < 4.78 is 0. The van der Waals surface area contributed by atoms with E-state index in [2.05, 4.69) is 32.9 Å². The fourth-order valence-corrected chi connectivity index (χ4v) is 2.37. The van der Waals surface area contributed by atoms with Crippen molar-refractivity contribution in [1.82, 2.24) is 0 Å². The number of hydrogen-bond acceptors (Lipinski definition) is 0. The standard InChI is InChI=1S/C10H15.Li/c1-9(2)8-4-6-10(9,3)7-5-8;/h4,8H,5,7H2,1-3H3;/q-1;+1. The van der Waals surface area contributed by atoms with Crippen LogP contribution in [-0.2, 0) is 0 Å².